The highest BCUT2D eigenvalue weighted by Crippen LogP contribution is 2.45. The number of fused-ring (bicyclic) bond motifs is 2. The van der Waals surface area contributed by atoms with Gasteiger partial charge in [0.05, 0.1) is 0 Å². The lowest BCUT2D eigenvalue weighted by Crippen LogP contribution is -2.25. The molecule has 2 aliphatic rings. The zero-order chi connectivity index (χ0) is 11.8. The Morgan fingerprint density at radius 2 is 1.82 bits per heavy atom. The molecule has 17 heavy (non-hydrogen) atoms. The molecule has 3 rings (SSSR count). The number of hydrogen-bond acceptors (Lipinski definition) is 1. The molecule has 0 saturated heterocycles. The lowest BCUT2D eigenvalue weighted by atomic mass is 9.95. The molecule has 1 N–H and O–H groups in total. The monoisotopic (exact) mass is 229 g/mol. The first kappa shape index (κ1) is 11.1. The van der Waals surface area contributed by atoms with E-state index in [2.05, 4.69) is 43.4 Å². The number of hydrogen-bond donors (Lipinski definition) is 1. The summed E-state index contributed by atoms with van der Waals surface area (Å²) in [6.45, 7) is 4.50. The zero-order valence-electron chi connectivity index (χ0n) is 10.9. The van der Waals surface area contributed by atoms with Crippen LogP contribution in [0.3, 0.4) is 0 Å². The molecule has 1 nitrogen and oxygen atoms in total. The molecule has 2 aliphatic carbocycles. The van der Waals surface area contributed by atoms with Gasteiger partial charge in [-0.25, -0.2) is 0 Å². The van der Waals surface area contributed by atoms with E-state index in [-0.39, 0.29) is 0 Å². The van der Waals surface area contributed by atoms with Gasteiger partial charge in [-0.05, 0) is 54.7 Å². The van der Waals surface area contributed by atoms with Crippen molar-refractivity contribution in [2.75, 3.05) is 5.32 Å². The lowest BCUT2D eigenvalue weighted by molar-refractivity contribution is 0.440. The summed E-state index contributed by atoms with van der Waals surface area (Å²) in [6, 6.07) is 9.78. The molecule has 92 valence electrons. The summed E-state index contributed by atoms with van der Waals surface area (Å²) in [4.78, 5) is 0. The van der Waals surface area contributed by atoms with Crippen molar-refractivity contribution in [1.29, 1.82) is 0 Å². The van der Waals surface area contributed by atoms with E-state index in [1.807, 2.05) is 0 Å². The quantitative estimate of drug-likeness (QED) is 0.809. The maximum absolute atomic E-state index is 3.74. The van der Waals surface area contributed by atoms with Gasteiger partial charge in [0.15, 0.2) is 0 Å². The number of nitrogens with one attached hydrogen (secondary N) is 1. The standard InChI is InChI=1S/C16H23N/c1-11(2)13-5-7-15(8-6-13)17-16-10-12-3-4-14(16)9-12/h5-8,11-12,14,16-17H,3-4,9-10H2,1-2H3. The second-order valence-electron chi connectivity index (χ2n) is 6.20. The van der Waals surface area contributed by atoms with Crippen molar-refractivity contribution in [3.05, 3.63) is 29.8 Å². The van der Waals surface area contributed by atoms with Crippen LogP contribution in [0.1, 0.15) is 51.0 Å². The Hall–Kier alpha value is -0.980. The van der Waals surface area contributed by atoms with Crippen molar-refractivity contribution in [2.45, 2.75) is 51.5 Å². The van der Waals surface area contributed by atoms with Gasteiger partial charge >= 0.3 is 0 Å². The fraction of sp³-hybridized carbons (Fsp3) is 0.625. The Bertz CT molecular complexity index is 379. The third kappa shape index (κ3) is 2.20. The molecule has 1 aromatic rings. The van der Waals surface area contributed by atoms with Gasteiger partial charge in [-0.1, -0.05) is 32.4 Å². The van der Waals surface area contributed by atoms with Crippen LogP contribution in [0, 0.1) is 11.8 Å². The molecular weight excluding hydrogens is 206 g/mol. The smallest absolute Gasteiger partial charge is 0.0342 e. The zero-order valence-corrected chi connectivity index (χ0v) is 10.9. The van der Waals surface area contributed by atoms with Gasteiger partial charge < -0.3 is 5.32 Å². The molecule has 1 heteroatoms. The lowest BCUT2D eigenvalue weighted by Gasteiger charge is -2.24. The van der Waals surface area contributed by atoms with E-state index >= 15 is 0 Å². The minimum Gasteiger partial charge on any atom is -0.382 e. The fourth-order valence-corrected chi connectivity index (χ4v) is 3.60. The Morgan fingerprint density at radius 1 is 1.06 bits per heavy atom. The second-order valence-corrected chi connectivity index (χ2v) is 6.20. The van der Waals surface area contributed by atoms with E-state index in [4.69, 9.17) is 0 Å². The minimum absolute atomic E-state index is 0.631. The van der Waals surface area contributed by atoms with Crippen molar-refractivity contribution in [3.8, 4) is 0 Å². The molecule has 0 aliphatic heterocycles. The van der Waals surface area contributed by atoms with Crippen LogP contribution in [-0.2, 0) is 0 Å². The van der Waals surface area contributed by atoms with E-state index in [9.17, 15) is 0 Å². The van der Waals surface area contributed by atoms with E-state index in [0.717, 1.165) is 17.9 Å². The van der Waals surface area contributed by atoms with Crippen LogP contribution in [0.4, 0.5) is 5.69 Å². The van der Waals surface area contributed by atoms with Crippen molar-refractivity contribution >= 4 is 5.69 Å². The maximum Gasteiger partial charge on any atom is 0.0342 e. The van der Waals surface area contributed by atoms with E-state index in [1.54, 1.807) is 0 Å². The van der Waals surface area contributed by atoms with Crippen LogP contribution in [0.25, 0.3) is 0 Å². The SMILES string of the molecule is CC(C)c1ccc(NC2CC3CCC2C3)cc1. The average molecular weight is 229 g/mol. The predicted octanol–water partition coefficient (Wildman–Crippen LogP) is 4.41. The highest BCUT2D eigenvalue weighted by atomic mass is 14.9. The Kier molecular flexibility index (Phi) is 2.85. The minimum atomic E-state index is 0.631. The Morgan fingerprint density at radius 3 is 2.35 bits per heavy atom. The summed E-state index contributed by atoms with van der Waals surface area (Å²) in [5.41, 5.74) is 2.75. The molecule has 0 heterocycles. The highest BCUT2D eigenvalue weighted by molar-refractivity contribution is 5.46. The second kappa shape index (κ2) is 4.36. The molecule has 0 aromatic heterocycles. The van der Waals surface area contributed by atoms with Gasteiger partial charge in [-0.2, -0.15) is 0 Å². The van der Waals surface area contributed by atoms with Gasteiger partial charge in [0.2, 0.25) is 0 Å². The van der Waals surface area contributed by atoms with Crippen LogP contribution >= 0.6 is 0 Å². The molecule has 0 spiro atoms. The Balaban J connectivity index is 1.65. The summed E-state index contributed by atoms with van der Waals surface area (Å²) in [5, 5.41) is 3.74. The van der Waals surface area contributed by atoms with Gasteiger partial charge in [0, 0.05) is 11.7 Å². The number of anilines is 1. The summed E-state index contributed by atoms with van der Waals surface area (Å²) >= 11 is 0. The summed E-state index contributed by atoms with van der Waals surface area (Å²) in [7, 11) is 0. The van der Waals surface area contributed by atoms with Crippen LogP contribution in [0.15, 0.2) is 24.3 Å². The summed E-state index contributed by atoms with van der Waals surface area (Å²) in [5.74, 6) is 2.60. The fourth-order valence-electron chi connectivity index (χ4n) is 3.60. The first-order valence-corrected chi connectivity index (χ1v) is 7.09. The molecule has 2 fully saturated rings. The summed E-state index contributed by atoms with van der Waals surface area (Å²) < 4.78 is 0. The van der Waals surface area contributed by atoms with Crippen LogP contribution in [0.5, 0.6) is 0 Å². The largest absolute Gasteiger partial charge is 0.382 e. The Labute approximate surface area is 105 Å². The van der Waals surface area contributed by atoms with Crippen molar-refractivity contribution in [2.24, 2.45) is 11.8 Å². The molecule has 2 saturated carbocycles. The van der Waals surface area contributed by atoms with Crippen LogP contribution in [-0.4, -0.2) is 6.04 Å². The molecule has 2 bridgehead atoms. The summed E-state index contributed by atoms with van der Waals surface area (Å²) in [6.07, 6.45) is 5.81. The molecule has 0 radical (unpaired) electrons. The first-order chi connectivity index (χ1) is 8.22. The predicted molar refractivity (Wildman–Crippen MR) is 73.4 cm³/mol. The van der Waals surface area contributed by atoms with Gasteiger partial charge in [-0.3, -0.25) is 0 Å². The average Bonchev–Trinajstić information content (AvgIpc) is 2.91. The van der Waals surface area contributed by atoms with E-state index in [0.29, 0.717) is 5.92 Å². The first-order valence-electron chi connectivity index (χ1n) is 7.09. The molecule has 1 aromatic carbocycles. The van der Waals surface area contributed by atoms with Crippen LogP contribution in [0.2, 0.25) is 0 Å². The number of benzene rings is 1. The molecule has 3 atom stereocenters. The topological polar surface area (TPSA) is 12.0 Å². The normalized spacial score (nSPS) is 31.1. The van der Waals surface area contributed by atoms with Gasteiger partial charge in [0.25, 0.3) is 0 Å². The van der Waals surface area contributed by atoms with Crippen LogP contribution < -0.4 is 5.32 Å². The molecule has 3 unspecified atom stereocenters. The number of rotatable bonds is 3. The van der Waals surface area contributed by atoms with Crippen molar-refractivity contribution in [3.63, 3.8) is 0 Å². The van der Waals surface area contributed by atoms with Gasteiger partial charge in [-0.15, -0.1) is 0 Å². The van der Waals surface area contributed by atoms with E-state index < -0.39 is 0 Å². The highest BCUT2D eigenvalue weighted by Gasteiger charge is 2.39. The van der Waals surface area contributed by atoms with Crippen molar-refractivity contribution < 1.29 is 0 Å². The third-order valence-corrected chi connectivity index (χ3v) is 4.67. The van der Waals surface area contributed by atoms with Gasteiger partial charge in [0.1, 0.15) is 0 Å². The maximum atomic E-state index is 3.74. The third-order valence-electron chi connectivity index (χ3n) is 4.67. The molecule has 0 amide bonds. The molecular formula is C16H23N. The van der Waals surface area contributed by atoms with Crippen molar-refractivity contribution in [1.82, 2.24) is 0 Å². The van der Waals surface area contributed by atoms with E-state index in [1.165, 1.54) is 36.9 Å².